The van der Waals surface area contributed by atoms with Crippen LogP contribution in [0.1, 0.15) is 54.3 Å². The molecule has 0 saturated heterocycles. The summed E-state index contributed by atoms with van der Waals surface area (Å²) >= 11 is 0. The van der Waals surface area contributed by atoms with E-state index in [0.717, 1.165) is 24.0 Å². The first-order valence-corrected chi connectivity index (χ1v) is 10.2. The van der Waals surface area contributed by atoms with Crippen molar-refractivity contribution in [2.24, 2.45) is 0 Å². The lowest BCUT2D eigenvalue weighted by Crippen LogP contribution is -2.30. The van der Waals surface area contributed by atoms with Crippen molar-refractivity contribution in [3.8, 4) is 28.5 Å². The Morgan fingerprint density at radius 1 is 1.13 bits per heavy atom. The van der Waals surface area contributed by atoms with Crippen molar-refractivity contribution in [3.63, 3.8) is 0 Å². The largest absolute Gasteiger partial charge is 0.507 e. The van der Waals surface area contributed by atoms with E-state index in [2.05, 4.69) is 17.1 Å². The summed E-state index contributed by atoms with van der Waals surface area (Å²) in [5.74, 6) is 0.409. The van der Waals surface area contributed by atoms with Gasteiger partial charge in [0.25, 0.3) is 5.91 Å². The van der Waals surface area contributed by atoms with Gasteiger partial charge in [0, 0.05) is 17.7 Å². The van der Waals surface area contributed by atoms with Gasteiger partial charge in [-0.05, 0) is 43.2 Å². The molecular weight excluding hydrogens is 382 g/mol. The summed E-state index contributed by atoms with van der Waals surface area (Å²) in [6.07, 6.45) is 1.82. The monoisotopic (exact) mass is 407 g/mol. The van der Waals surface area contributed by atoms with E-state index in [1.165, 1.54) is 0 Å². The van der Waals surface area contributed by atoms with Gasteiger partial charge >= 0.3 is 0 Å². The summed E-state index contributed by atoms with van der Waals surface area (Å²) < 4.78 is 5.57. The summed E-state index contributed by atoms with van der Waals surface area (Å²) in [7, 11) is 0. The molecule has 0 saturated carbocycles. The number of aromatic amines is 1. The van der Waals surface area contributed by atoms with E-state index in [4.69, 9.17) is 4.74 Å². The number of carbonyl (C=O) groups is 1. The molecule has 1 amide bonds. The molecular formula is C23H25N3O4. The molecule has 7 nitrogen and oxygen atoms in total. The number of phenolic OH excluding ortho intramolecular Hbond substituents is 2. The smallest absolute Gasteiger partial charge is 0.273 e. The lowest BCUT2D eigenvalue weighted by molar-refractivity contribution is 0.0741. The summed E-state index contributed by atoms with van der Waals surface area (Å²) in [4.78, 5) is 15.0. The number of fused-ring (bicyclic) bond motifs is 1. The van der Waals surface area contributed by atoms with Gasteiger partial charge in [0.05, 0.1) is 12.6 Å². The summed E-state index contributed by atoms with van der Waals surface area (Å²) in [5.41, 5.74) is 3.09. The molecule has 0 spiro atoms. The molecule has 2 aromatic carbocycles. The third kappa shape index (κ3) is 3.26. The first kappa shape index (κ1) is 19.8. The number of hydrogen-bond acceptors (Lipinski definition) is 5. The summed E-state index contributed by atoms with van der Waals surface area (Å²) in [6, 6.07) is 11.7. The van der Waals surface area contributed by atoms with Crippen LogP contribution in [0.3, 0.4) is 0 Å². The zero-order valence-electron chi connectivity index (χ0n) is 17.1. The van der Waals surface area contributed by atoms with Crippen LogP contribution in [0.5, 0.6) is 17.2 Å². The van der Waals surface area contributed by atoms with Crippen LogP contribution in [0.15, 0.2) is 42.5 Å². The molecule has 4 rings (SSSR count). The number of hydrogen-bond donors (Lipinski definition) is 3. The number of aromatic hydroxyl groups is 2. The van der Waals surface area contributed by atoms with E-state index in [0.29, 0.717) is 35.9 Å². The number of carbonyl (C=O) groups excluding carboxylic acids is 1. The first-order valence-electron chi connectivity index (χ1n) is 10.2. The minimum atomic E-state index is -0.396. The lowest BCUT2D eigenvalue weighted by atomic mass is 9.95. The van der Waals surface area contributed by atoms with E-state index < -0.39 is 6.04 Å². The minimum absolute atomic E-state index is 0.0541. The number of ether oxygens (including phenoxy) is 1. The Kier molecular flexibility index (Phi) is 5.35. The van der Waals surface area contributed by atoms with Crippen LogP contribution < -0.4 is 4.74 Å². The van der Waals surface area contributed by atoms with E-state index in [1.807, 2.05) is 17.9 Å². The topological polar surface area (TPSA) is 98.7 Å². The van der Waals surface area contributed by atoms with Gasteiger partial charge in [0.2, 0.25) is 0 Å². The van der Waals surface area contributed by atoms with Gasteiger partial charge in [-0.2, -0.15) is 5.10 Å². The van der Waals surface area contributed by atoms with Crippen LogP contribution >= 0.6 is 0 Å². The van der Waals surface area contributed by atoms with Crippen LogP contribution in [0.4, 0.5) is 0 Å². The number of aromatic nitrogens is 2. The van der Waals surface area contributed by atoms with Crippen molar-refractivity contribution >= 4 is 5.91 Å². The van der Waals surface area contributed by atoms with Gasteiger partial charge in [0.1, 0.15) is 17.1 Å². The van der Waals surface area contributed by atoms with Crippen molar-refractivity contribution in [1.29, 1.82) is 0 Å². The van der Waals surface area contributed by atoms with Gasteiger partial charge in [-0.3, -0.25) is 9.89 Å². The molecule has 2 heterocycles. The fourth-order valence-corrected chi connectivity index (χ4v) is 3.95. The van der Waals surface area contributed by atoms with Crippen LogP contribution in [0, 0.1) is 0 Å². The second-order valence-corrected chi connectivity index (χ2v) is 7.29. The number of para-hydroxylation sites is 1. The maximum absolute atomic E-state index is 13.2. The fourth-order valence-electron chi connectivity index (χ4n) is 3.95. The molecule has 156 valence electrons. The fraction of sp³-hybridized carbons (Fsp3) is 0.304. The first-order chi connectivity index (χ1) is 14.6. The highest BCUT2D eigenvalue weighted by molar-refractivity contribution is 6.00. The molecule has 0 aliphatic carbocycles. The highest BCUT2D eigenvalue weighted by Gasteiger charge is 2.42. The molecule has 0 fully saturated rings. The predicted molar refractivity (Wildman–Crippen MR) is 113 cm³/mol. The van der Waals surface area contributed by atoms with Crippen molar-refractivity contribution in [1.82, 2.24) is 15.1 Å². The quantitative estimate of drug-likeness (QED) is 0.544. The molecule has 3 N–H and O–H groups in total. The number of nitrogens with one attached hydrogen (secondary N) is 1. The van der Waals surface area contributed by atoms with Gasteiger partial charge in [-0.15, -0.1) is 0 Å². The highest BCUT2D eigenvalue weighted by Crippen LogP contribution is 2.45. The Bertz CT molecular complexity index is 1080. The van der Waals surface area contributed by atoms with Crippen molar-refractivity contribution in [2.45, 2.75) is 32.7 Å². The summed E-state index contributed by atoms with van der Waals surface area (Å²) in [5, 5.41) is 27.8. The van der Waals surface area contributed by atoms with Crippen LogP contribution in [-0.4, -0.2) is 44.4 Å². The zero-order valence-corrected chi connectivity index (χ0v) is 17.1. The Morgan fingerprint density at radius 3 is 2.67 bits per heavy atom. The standard InChI is InChI=1S/C23H25N3O4/c1-3-5-12-26-22(14-10-11-17(28)18(13-14)30-4-2)19-20(24-25-21(19)23(26)29)15-8-6-7-9-16(15)27/h6-11,13,22,27-28H,3-5,12H2,1-2H3,(H,24,25)/t22-/m0/s1. The number of nitrogens with zero attached hydrogens (tertiary/aromatic N) is 2. The van der Waals surface area contributed by atoms with E-state index in [-0.39, 0.29) is 17.4 Å². The Hall–Kier alpha value is -3.48. The molecule has 0 unspecified atom stereocenters. The number of H-pyrrole nitrogens is 1. The Balaban J connectivity index is 1.88. The third-order valence-corrected chi connectivity index (χ3v) is 5.37. The predicted octanol–water partition coefficient (Wildman–Crippen LogP) is 4.23. The summed E-state index contributed by atoms with van der Waals surface area (Å²) in [6.45, 7) is 4.94. The number of benzene rings is 2. The molecule has 0 radical (unpaired) electrons. The molecule has 30 heavy (non-hydrogen) atoms. The number of amides is 1. The van der Waals surface area contributed by atoms with Crippen molar-refractivity contribution in [3.05, 3.63) is 59.3 Å². The molecule has 7 heteroatoms. The molecule has 1 aliphatic rings. The molecule has 1 aliphatic heterocycles. The Morgan fingerprint density at radius 2 is 1.93 bits per heavy atom. The van der Waals surface area contributed by atoms with E-state index >= 15 is 0 Å². The average molecular weight is 407 g/mol. The van der Waals surface area contributed by atoms with Crippen LogP contribution in [-0.2, 0) is 0 Å². The second-order valence-electron chi connectivity index (χ2n) is 7.29. The maximum Gasteiger partial charge on any atom is 0.273 e. The van der Waals surface area contributed by atoms with Gasteiger partial charge < -0.3 is 19.8 Å². The lowest BCUT2D eigenvalue weighted by Gasteiger charge is -2.26. The molecule has 1 atom stereocenters. The number of phenols is 2. The van der Waals surface area contributed by atoms with Gasteiger partial charge in [-0.1, -0.05) is 31.5 Å². The van der Waals surface area contributed by atoms with Crippen molar-refractivity contribution < 1.29 is 19.7 Å². The van der Waals surface area contributed by atoms with Crippen molar-refractivity contribution in [2.75, 3.05) is 13.2 Å². The van der Waals surface area contributed by atoms with Gasteiger partial charge in [0.15, 0.2) is 11.5 Å². The SMILES string of the molecule is CCCCN1C(=O)c2[nH]nc(-c3ccccc3O)c2[C@@H]1c1ccc(O)c(OCC)c1. The third-order valence-electron chi connectivity index (χ3n) is 5.37. The number of rotatable bonds is 7. The van der Waals surface area contributed by atoms with E-state index in [1.54, 1.807) is 36.4 Å². The highest BCUT2D eigenvalue weighted by atomic mass is 16.5. The van der Waals surface area contributed by atoms with E-state index in [9.17, 15) is 15.0 Å². The molecule has 1 aromatic heterocycles. The Labute approximate surface area is 174 Å². The molecule has 0 bridgehead atoms. The zero-order chi connectivity index (χ0) is 21.3. The second kappa shape index (κ2) is 8.10. The average Bonchev–Trinajstić information content (AvgIpc) is 3.28. The normalized spacial score (nSPS) is 15.5. The maximum atomic E-state index is 13.2. The van der Waals surface area contributed by atoms with Crippen LogP contribution in [0.2, 0.25) is 0 Å². The van der Waals surface area contributed by atoms with Crippen LogP contribution in [0.25, 0.3) is 11.3 Å². The number of unbranched alkanes of at least 4 members (excludes halogenated alkanes) is 1. The molecule has 3 aromatic rings. The van der Waals surface area contributed by atoms with Gasteiger partial charge in [-0.25, -0.2) is 0 Å². The minimum Gasteiger partial charge on any atom is -0.507 e.